The van der Waals surface area contributed by atoms with Crippen molar-refractivity contribution in [2.24, 2.45) is 0 Å². The number of halogens is 3. The predicted octanol–water partition coefficient (Wildman–Crippen LogP) is 7.04. The molecule has 0 fully saturated rings. The minimum atomic E-state index is -6.09. The van der Waals surface area contributed by atoms with Gasteiger partial charge >= 0.3 is 25.9 Å². The van der Waals surface area contributed by atoms with Gasteiger partial charge in [-0.2, -0.15) is 13.2 Å². The van der Waals surface area contributed by atoms with Gasteiger partial charge in [-0.25, -0.2) is 8.42 Å². The summed E-state index contributed by atoms with van der Waals surface area (Å²) >= 11 is 0. The molecule has 0 aliphatic rings. The fraction of sp³-hybridized carbons (Fsp3) is 0.0222. The molecule has 0 saturated heterocycles. The molecule has 0 aromatic heterocycles. The molecule has 0 atom stereocenters. The Morgan fingerprint density at radius 1 is 0.404 bits per heavy atom. The first-order chi connectivity index (χ1) is 26.1. The van der Waals surface area contributed by atoms with Gasteiger partial charge in [0, 0.05) is 11.1 Å². The Morgan fingerprint density at radius 3 is 0.912 bits per heavy atom. The molecule has 0 unspecified atom stereocenters. The molecule has 12 heteroatoms. The van der Waals surface area contributed by atoms with Crippen molar-refractivity contribution in [1.29, 1.82) is 0 Å². The zero-order valence-electron chi connectivity index (χ0n) is 30.1. The smallest absolute Gasteiger partial charge is 0.741 e. The zero-order valence-corrected chi connectivity index (χ0v) is 34.4. The third-order valence-corrected chi connectivity index (χ3v) is 15.3. The summed E-state index contributed by atoms with van der Waals surface area (Å²) in [5.74, 6) is 0. The molecule has 292 valence electrons. The third-order valence-electron chi connectivity index (χ3n) is 9.18. The molecule has 0 spiro atoms. The van der Waals surface area contributed by atoms with Gasteiger partial charge in [-0.05, 0) is 82.2 Å². The fourth-order valence-corrected chi connectivity index (χ4v) is 12.4. The second kappa shape index (κ2) is 19.7. The van der Waals surface area contributed by atoms with E-state index >= 15 is 0 Å². The van der Waals surface area contributed by atoms with Crippen molar-refractivity contribution in [3.05, 3.63) is 194 Å². The van der Waals surface area contributed by atoms with Crippen LogP contribution in [0, 0.1) is 0 Å². The molecule has 8 aromatic rings. The molecule has 57 heavy (non-hydrogen) atoms. The molecule has 0 radical (unpaired) electrons. The maximum Gasteiger partial charge on any atom is 2.00 e. The van der Waals surface area contributed by atoms with E-state index in [1.54, 1.807) is 0 Å². The van der Waals surface area contributed by atoms with Crippen molar-refractivity contribution in [1.82, 2.24) is 0 Å². The number of rotatable bonds is 7. The number of hydrogen-bond donors (Lipinski definition) is 0. The van der Waals surface area contributed by atoms with E-state index in [9.17, 15) is 13.2 Å². The number of hydrogen-bond acceptors (Lipinski definition) is 3. The van der Waals surface area contributed by atoms with E-state index in [1.165, 1.54) is 64.5 Å². The molecular formula is C45H38F3O5P2PdS+3. The second-order valence-electron chi connectivity index (χ2n) is 12.5. The van der Waals surface area contributed by atoms with Gasteiger partial charge < -0.3 is 15.5 Å². The van der Waals surface area contributed by atoms with Crippen molar-refractivity contribution in [2.45, 2.75) is 5.51 Å². The maximum absolute atomic E-state index is 10.7. The van der Waals surface area contributed by atoms with E-state index in [2.05, 4.69) is 194 Å². The molecule has 0 aliphatic carbocycles. The largest absolute Gasteiger partial charge is 2.00 e. The van der Waals surface area contributed by atoms with Gasteiger partial charge in [0.15, 0.2) is 10.1 Å². The van der Waals surface area contributed by atoms with Crippen molar-refractivity contribution in [3.8, 4) is 11.1 Å². The Kier molecular flexibility index (Phi) is 15.6. The summed E-state index contributed by atoms with van der Waals surface area (Å²) in [6.07, 6.45) is 0. The molecule has 8 rings (SSSR count). The van der Waals surface area contributed by atoms with Crippen molar-refractivity contribution >= 4 is 79.3 Å². The Labute approximate surface area is 345 Å². The minimum Gasteiger partial charge on any atom is -0.741 e. The quantitative estimate of drug-likeness (QED) is 0.0739. The molecule has 0 bridgehead atoms. The number of benzene rings is 8. The summed E-state index contributed by atoms with van der Waals surface area (Å²) < 4.78 is 58.9. The Hall–Kier alpha value is -4.58. The van der Waals surface area contributed by atoms with Crippen LogP contribution in [0.25, 0.3) is 32.7 Å². The predicted molar refractivity (Wildman–Crippen MR) is 230 cm³/mol. The minimum absolute atomic E-state index is 0. The van der Waals surface area contributed by atoms with E-state index in [-0.39, 0.29) is 31.4 Å². The van der Waals surface area contributed by atoms with Crippen LogP contribution in [0.4, 0.5) is 13.2 Å². The van der Waals surface area contributed by atoms with Gasteiger partial charge in [-0.1, -0.05) is 133 Å². The summed E-state index contributed by atoms with van der Waals surface area (Å²) in [5.41, 5.74) is -2.89. The molecule has 0 saturated carbocycles. The van der Waals surface area contributed by atoms with Crippen molar-refractivity contribution in [3.63, 3.8) is 0 Å². The molecular weight excluding hydrogens is 878 g/mol. The van der Waals surface area contributed by atoms with Crippen LogP contribution in [-0.2, 0) is 30.5 Å². The van der Waals surface area contributed by atoms with Crippen LogP contribution in [-0.4, -0.2) is 29.4 Å². The second-order valence-corrected chi connectivity index (χ2v) is 18.8. The Bertz CT molecular complexity index is 2400. The first-order valence-corrected chi connectivity index (χ1v) is 21.5. The maximum atomic E-state index is 10.7. The van der Waals surface area contributed by atoms with Crippen molar-refractivity contribution in [2.75, 3.05) is 0 Å². The van der Waals surface area contributed by atoms with Gasteiger partial charge in [-0.3, -0.25) is 0 Å². The van der Waals surface area contributed by atoms with Crippen LogP contribution >= 0.6 is 15.8 Å². The summed E-state index contributed by atoms with van der Waals surface area (Å²) in [5, 5.41) is 13.6. The van der Waals surface area contributed by atoms with Gasteiger partial charge in [-0.15, -0.1) is 0 Å². The molecule has 8 aromatic carbocycles. The van der Waals surface area contributed by atoms with E-state index in [1.807, 2.05) is 0 Å². The van der Waals surface area contributed by atoms with Crippen LogP contribution in [0.3, 0.4) is 0 Å². The normalized spacial score (nSPS) is 11.2. The van der Waals surface area contributed by atoms with Gasteiger partial charge in [0.05, 0.1) is 15.8 Å². The topological polar surface area (TPSA) is 120 Å². The Morgan fingerprint density at radius 2 is 0.649 bits per heavy atom. The Balaban J connectivity index is 0.000000595. The summed E-state index contributed by atoms with van der Waals surface area (Å²) in [7, 11) is -8.83. The monoisotopic (exact) mass is 915 g/mol. The fourth-order valence-electron chi connectivity index (χ4n) is 6.87. The van der Waals surface area contributed by atoms with Crippen LogP contribution in [0.2, 0.25) is 0 Å². The van der Waals surface area contributed by atoms with Gasteiger partial charge in [0.25, 0.3) is 0 Å². The molecule has 4 N–H and O–H groups in total. The molecule has 0 heterocycles. The van der Waals surface area contributed by atoms with E-state index in [4.69, 9.17) is 13.0 Å². The zero-order chi connectivity index (χ0) is 37.7. The van der Waals surface area contributed by atoms with Crippen LogP contribution in [0.1, 0.15) is 0 Å². The van der Waals surface area contributed by atoms with E-state index < -0.39 is 31.5 Å². The third kappa shape index (κ3) is 9.94. The first-order valence-electron chi connectivity index (χ1n) is 17.1. The summed E-state index contributed by atoms with van der Waals surface area (Å²) in [6.45, 7) is 0. The van der Waals surface area contributed by atoms with Crippen LogP contribution < -0.4 is 31.8 Å². The molecule has 0 amide bonds. The van der Waals surface area contributed by atoms with E-state index in [0.717, 1.165) is 0 Å². The molecule has 5 nitrogen and oxygen atoms in total. The summed E-state index contributed by atoms with van der Waals surface area (Å²) in [6, 6.07) is 72.2. The average Bonchev–Trinajstić information content (AvgIpc) is 3.19. The van der Waals surface area contributed by atoms with Crippen LogP contribution in [0.5, 0.6) is 0 Å². The van der Waals surface area contributed by atoms with Gasteiger partial charge in [0.2, 0.25) is 0 Å². The standard InChI is InChI=1S/C44H32P2.CHF3O3S.2H2O.Pd/c1-5-19-35(20-6-1)45(36-21-7-2-8-22-36)41-31-29-33-17-13-15-27-39(33)43(41)44-40-28-16-14-18-34(40)30-32-42(44)46(37-23-9-3-10-24-37)38-25-11-4-12-26-38;2-1(3,4)8(5,6)7;;;/h1-32H;(H,5,6,7);2*1H2;/q;;;;+2/p+1. The SMILES string of the molecule is O.O.O=S(=O)([O-])C(F)(F)F.[Pd+2].c1ccc([PH+](c2ccccc2)c2ccc3ccccc3c2-c2c([PH+](c3ccccc3)c3ccccc3)ccc3ccccc23)cc1. The van der Waals surface area contributed by atoms with Gasteiger partial charge in [0.1, 0.15) is 31.8 Å². The number of fused-ring (bicyclic) bond motifs is 2. The van der Waals surface area contributed by atoms with Crippen molar-refractivity contribution < 1.29 is 57.5 Å². The molecule has 0 aliphatic heterocycles. The summed E-state index contributed by atoms with van der Waals surface area (Å²) in [4.78, 5) is 0. The number of alkyl halides is 3. The first kappa shape index (κ1) is 45.1. The van der Waals surface area contributed by atoms with Crippen LogP contribution in [0.15, 0.2) is 194 Å². The average molecular weight is 916 g/mol. The van der Waals surface area contributed by atoms with E-state index in [0.29, 0.717) is 0 Å².